The van der Waals surface area contributed by atoms with Gasteiger partial charge in [-0.1, -0.05) is 12.1 Å². The molecule has 0 unspecified atom stereocenters. The van der Waals surface area contributed by atoms with Crippen molar-refractivity contribution in [2.45, 2.75) is 13.8 Å². The van der Waals surface area contributed by atoms with Crippen LogP contribution in [0.5, 0.6) is 5.75 Å². The Balaban J connectivity index is 2.66. The smallest absolute Gasteiger partial charge is 0.145 e. The number of aryl methyl sites for hydroxylation is 1. The van der Waals surface area contributed by atoms with Crippen LogP contribution in [0.25, 0.3) is 10.9 Å². The van der Waals surface area contributed by atoms with E-state index in [-0.39, 0.29) is 0 Å². The van der Waals surface area contributed by atoms with E-state index in [0.29, 0.717) is 6.61 Å². The maximum atomic E-state index is 5.57. The predicted molar refractivity (Wildman–Crippen MR) is 67.2 cm³/mol. The zero-order valence-corrected chi connectivity index (χ0v) is 9.87. The van der Waals surface area contributed by atoms with Gasteiger partial charge in [-0.2, -0.15) is 0 Å². The van der Waals surface area contributed by atoms with Gasteiger partial charge in [0.1, 0.15) is 17.1 Å². The normalized spacial score (nSPS) is 10.4. The number of fused-ring (bicyclic) bond motifs is 1. The molecule has 0 bridgehead atoms. The van der Waals surface area contributed by atoms with Gasteiger partial charge in [-0.25, -0.2) is 4.98 Å². The number of nitrogens with zero attached hydrogens (tertiary/aromatic N) is 1. The Morgan fingerprint density at radius 1 is 1.38 bits per heavy atom. The standard InChI is InChI=1S/C13H16N2O/c1-4-16-11-7-5-6-10-8-9(2)13(14-3)15-12(10)11/h5-8H,4H2,1-3H3,(H,14,15). The van der Waals surface area contributed by atoms with Crippen molar-refractivity contribution < 1.29 is 4.74 Å². The fraction of sp³-hybridized carbons (Fsp3) is 0.308. The van der Waals surface area contributed by atoms with Crippen LogP contribution in [0.1, 0.15) is 12.5 Å². The van der Waals surface area contributed by atoms with Crippen molar-refractivity contribution in [2.24, 2.45) is 0 Å². The third-order valence-corrected chi connectivity index (χ3v) is 2.54. The Hall–Kier alpha value is -1.77. The molecule has 2 aromatic rings. The van der Waals surface area contributed by atoms with E-state index < -0.39 is 0 Å². The minimum absolute atomic E-state index is 0.656. The second kappa shape index (κ2) is 4.39. The minimum Gasteiger partial charge on any atom is -0.492 e. The van der Waals surface area contributed by atoms with Crippen molar-refractivity contribution in [1.82, 2.24) is 4.98 Å². The van der Waals surface area contributed by atoms with E-state index in [4.69, 9.17) is 4.74 Å². The second-order valence-corrected chi connectivity index (χ2v) is 3.66. The molecule has 0 radical (unpaired) electrons. The van der Waals surface area contributed by atoms with Gasteiger partial charge in [0, 0.05) is 12.4 Å². The molecule has 0 aliphatic rings. The van der Waals surface area contributed by atoms with Gasteiger partial charge >= 0.3 is 0 Å². The third kappa shape index (κ3) is 1.81. The summed E-state index contributed by atoms with van der Waals surface area (Å²) in [7, 11) is 1.88. The van der Waals surface area contributed by atoms with Crippen molar-refractivity contribution in [1.29, 1.82) is 0 Å². The van der Waals surface area contributed by atoms with Gasteiger partial charge in [-0.05, 0) is 31.5 Å². The molecule has 0 saturated heterocycles. The van der Waals surface area contributed by atoms with Gasteiger partial charge in [-0.3, -0.25) is 0 Å². The number of ether oxygens (including phenoxy) is 1. The molecule has 0 spiro atoms. The van der Waals surface area contributed by atoms with Gasteiger partial charge < -0.3 is 10.1 Å². The molecule has 16 heavy (non-hydrogen) atoms. The molecular weight excluding hydrogens is 200 g/mol. The van der Waals surface area contributed by atoms with Crippen LogP contribution in [-0.4, -0.2) is 18.6 Å². The summed E-state index contributed by atoms with van der Waals surface area (Å²) in [6.45, 7) is 4.68. The average Bonchev–Trinajstić information content (AvgIpc) is 2.29. The number of hydrogen-bond acceptors (Lipinski definition) is 3. The summed E-state index contributed by atoms with van der Waals surface area (Å²) in [6, 6.07) is 8.12. The molecular formula is C13H16N2O. The lowest BCUT2D eigenvalue weighted by molar-refractivity contribution is 0.343. The third-order valence-electron chi connectivity index (χ3n) is 2.54. The molecule has 3 heteroatoms. The van der Waals surface area contributed by atoms with Crippen LogP contribution in [-0.2, 0) is 0 Å². The molecule has 0 saturated carbocycles. The van der Waals surface area contributed by atoms with Crippen molar-refractivity contribution in [3.63, 3.8) is 0 Å². The predicted octanol–water partition coefficient (Wildman–Crippen LogP) is 2.98. The summed E-state index contributed by atoms with van der Waals surface area (Å²) in [5, 5.41) is 4.20. The summed E-state index contributed by atoms with van der Waals surface area (Å²) in [4.78, 5) is 4.58. The van der Waals surface area contributed by atoms with Crippen LogP contribution < -0.4 is 10.1 Å². The molecule has 0 amide bonds. The molecule has 1 heterocycles. The average molecular weight is 216 g/mol. The highest BCUT2D eigenvalue weighted by Crippen LogP contribution is 2.27. The highest BCUT2D eigenvalue weighted by Gasteiger charge is 2.06. The lowest BCUT2D eigenvalue weighted by Crippen LogP contribution is -1.98. The largest absolute Gasteiger partial charge is 0.492 e. The number of anilines is 1. The Bertz CT molecular complexity index is 509. The zero-order valence-electron chi connectivity index (χ0n) is 9.87. The van der Waals surface area contributed by atoms with E-state index in [1.807, 2.05) is 33.0 Å². The van der Waals surface area contributed by atoms with Gasteiger partial charge in [0.2, 0.25) is 0 Å². The highest BCUT2D eigenvalue weighted by molar-refractivity contribution is 5.86. The van der Waals surface area contributed by atoms with Crippen LogP contribution in [0.3, 0.4) is 0 Å². The van der Waals surface area contributed by atoms with Gasteiger partial charge in [-0.15, -0.1) is 0 Å². The van der Waals surface area contributed by atoms with Gasteiger partial charge in [0.05, 0.1) is 6.61 Å². The molecule has 0 aliphatic carbocycles. The van der Waals surface area contributed by atoms with Crippen LogP contribution >= 0.6 is 0 Å². The van der Waals surface area contributed by atoms with Crippen LogP contribution in [0, 0.1) is 6.92 Å². The van der Waals surface area contributed by atoms with Crippen LogP contribution in [0.4, 0.5) is 5.82 Å². The second-order valence-electron chi connectivity index (χ2n) is 3.66. The van der Waals surface area contributed by atoms with E-state index in [9.17, 15) is 0 Å². The first-order chi connectivity index (χ1) is 7.76. The first-order valence-corrected chi connectivity index (χ1v) is 5.47. The molecule has 1 aromatic heterocycles. The van der Waals surface area contributed by atoms with Gasteiger partial charge in [0.15, 0.2) is 0 Å². The Labute approximate surface area is 95.5 Å². The lowest BCUT2D eigenvalue weighted by Gasteiger charge is -2.10. The first kappa shape index (κ1) is 10.7. The Kier molecular flexibility index (Phi) is 2.95. The molecule has 84 valence electrons. The summed E-state index contributed by atoms with van der Waals surface area (Å²) in [5.41, 5.74) is 2.06. The zero-order chi connectivity index (χ0) is 11.5. The molecule has 0 atom stereocenters. The number of pyridine rings is 1. The molecule has 1 aromatic carbocycles. The maximum absolute atomic E-state index is 5.57. The van der Waals surface area contributed by atoms with E-state index in [0.717, 1.165) is 28.0 Å². The summed E-state index contributed by atoms with van der Waals surface area (Å²) in [5.74, 6) is 1.75. The van der Waals surface area contributed by atoms with Crippen molar-refractivity contribution in [3.8, 4) is 5.75 Å². The molecule has 0 fully saturated rings. The summed E-state index contributed by atoms with van der Waals surface area (Å²) >= 11 is 0. The number of para-hydroxylation sites is 1. The Morgan fingerprint density at radius 3 is 2.88 bits per heavy atom. The SMILES string of the molecule is CCOc1cccc2cc(C)c(NC)nc12. The molecule has 3 nitrogen and oxygen atoms in total. The number of nitrogens with one attached hydrogen (secondary N) is 1. The number of hydrogen-bond donors (Lipinski definition) is 1. The van der Waals surface area contributed by atoms with Crippen LogP contribution in [0.2, 0.25) is 0 Å². The summed E-state index contributed by atoms with van der Waals surface area (Å²) in [6.07, 6.45) is 0. The van der Waals surface area contributed by atoms with Crippen LogP contribution in [0.15, 0.2) is 24.3 Å². The minimum atomic E-state index is 0.656. The lowest BCUT2D eigenvalue weighted by atomic mass is 10.1. The first-order valence-electron chi connectivity index (χ1n) is 5.47. The molecule has 0 aliphatic heterocycles. The van der Waals surface area contributed by atoms with Gasteiger partial charge in [0.25, 0.3) is 0 Å². The molecule has 2 rings (SSSR count). The van der Waals surface area contributed by atoms with Crippen molar-refractivity contribution >= 4 is 16.7 Å². The fourth-order valence-corrected chi connectivity index (χ4v) is 1.80. The highest BCUT2D eigenvalue weighted by atomic mass is 16.5. The monoisotopic (exact) mass is 216 g/mol. The Morgan fingerprint density at radius 2 is 2.19 bits per heavy atom. The number of aromatic nitrogens is 1. The summed E-state index contributed by atoms with van der Waals surface area (Å²) < 4.78 is 5.57. The topological polar surface area (TPSA) is 34.1 Å². The van der Waals surface area contributed by atoms with E-state index in [2.05, 4.69) is 22.4 Å². The fourth-order valence-electron chi connectivity index (χ4n) is 1.80. The van der Waals surface area contributed by atoms with Crippen molar-refractivity contribution in [3.05, 3.63) is 29.8 Å². The number of benzene rings is 1. The van der Waals surface area contributed by atoms with E-state index in [1.165, 1.54) is 0 Å². The van der Waals surface area contributed by atoms with E-state index >= 15 is 0 Å². The number of rotatable bonds is 3. The van der Waals surface area contributed by atoms with E-state index in [1.54, 1.807) is 0 Å². The maximum Gasteiger partial charge on any atom is 0.145 e. The quantitative estimate of drug-likeness (QED) is 0.856. The van der Waals surface area contributed by atoms with Crippen molar-refractivity contribution in [2.75, 3.05) is 19.0 Å². The molecule has 1 N–H and O–H groups in total.